The quantitative estimate of drug-likeness (QED) is 0.340. The van der Waals surface area contributed by atoms with Gasteiger partial charge in [0.25, 0.3) is 0 Å². The Bertz CT molecular complexity index is 1320. The maximum atomic E-state index is 9.24. The molecule has 4 aromatic rings. The first-order valence-electron chi connectivity index (χ1n) is 11.7. The number of aromatic nitrogens is 4. The molecule has 1 saturated heterocycles. The number of H-pyrrole nitrogens is 1. The summed E-state index contributed by atoms with van der Waals surface area (Å²) < 4.78 is 2.81. The van der Waals surface area contributed by atoms with Gasteiger partial charge in [-0.1, -0.05) is 18.2 Å². The van der Waals surface area contributed by atoms with E-state index in [1.54, 1.807) is 6.33 Å². The van der Waals surface area contributed by atoms with Crippen molar-refractivity contribution in [3.8, 4) is 0 Å². The molecule has 1 fully saturated rings. The van der Waals surface area contributed by atoms with E-state index in [2.05, 4.69) is 73.1 Å². The number of aliphatic hydroxyl groups is 1. The number of rotatable bonds is 7. The molecule has 3 N–H and O–H groups in total. The van der Waals surface area contributed by atoms with E-state index in [4.69, 9.17) is 12.2 Å². The molecule has 1 aliphatic rings. The lowest BCUT2D eigenvalue weighted by Gasteiger charge is -2.34. The SMILES string of the molecule is CCn1c(=S)[nH]c2cc3c(NCc4ccccc4N4CCC(CCO)CC4)ncnc3cc21. The Labute approximate surface area is 198 Å². The molecule has 7 nitrogen and oxygen atoms in total. The summed E-state index contributed by atoms with van der Waals surface area (Å²) in [5.41, 5.74) is 5.49. The van der Waals surface area contributed by atoms with Crippen molar-refractivity contribution in [1.82, 2.24) is 19.5 Å². The molecule has 0 atom stereocenters. The number of hydrogen-bond acceptors (Lipinski definition) is 6. The molecule has 5 rings (SSSR count). The van der Waals surface area contributed by atoms with Gasteiger partial charge in [-0.25, -0.2) is 9.97 Å². The molecule has 0 aliphatic carbocycles. The summed E-state index contributed by atoms with van der Waals surface area (Å²) in [5, 5.41) is 13.8. The van der Waals surface area contributed by atoms with Gasteiger partial charge in [0.2, 0.25) is 0 Å². The van der Waals surface area contributed by atoms with E-state index in [1.165, 1.54) is 11.3 Å². The third kappa shape index (κ3) is 4.32. The fourth-order valence-electron chi connectivity index (χ4n) is 4.96. The number of nitrogens with one attached hydrogen (secondary N) is 2. The monoisotopic (exact) mass is 462 g/mol. The van der Waals surface area contributed by atoms with Crippen molar-refractivity contribution in [2.45, 2.75) is 39.3 Å². The predicted octanol–water partition coefficient (Wildman–Crippen LogP) is 4.87. The number of aliphatic hydroxyl groups excluding tert-OH is 1. The third-order valence-corrected chi connectivity index (χ3v) is 7.10. The highest BCUT2D eigenvalue weighted by molar-refractivity contribution is 7.71. The fraction of sp³-hybridized carbons (Fsp3) is 0.400. The Morgan fingerprint density at radius 1 is 1.18 bits per heavy atom. The molecule has 0 spiro atoms. The summed E-state index contributed by atoms with van der Waals surface area (Å²) in [4.78, 5) is 14.8. The third-order valence-electron chi connectivity index (χ3n) is 6.78. The van der Waals surface area contributed by atoms with E-state index < -0.39 is 0 Å². The van der Waals surface area contributed by atoms with Crippen LogP contribution in [0.2, 0.25) is 0 Å². The van der Waals surface area contributed by atoms with Crippen LogP contribution in [0.1, 0.15) is 31.7 Å². The summed E-state index contributed by atoms with van der Waals surface area (Å²) >= 11 is 5.48. The van der Waals surface area contributed by atoms with Gasteiger partial charge in [0.05, 0.1) is 16.6 Å². The van der Waals surface area contributed by atoms with Gasteiger partial charge in [0, 0.05) is 43.9 Å². The molecule has 33 heavy (non-hydrogen) atoms. The van der Waals surface area contributed by atoms with E-state index in [1.807, 2.05) is 0 Å². The number of piperidine rings is 1. The fourth-order valence-corrected chi connectivity index (χ4v) is 5.29. The van der Waals surface area contributed by atoms with Crippen LogP contribution in [0.25, 0.3) is 21.9 Å². The second-order valence-electron chi connectivity index (χ2n) is 8.71. The molecule has 2 aromatic heterocycles. The van der Waals surface area contributed by atoms with Crippen LogP contribution < -0.4 is 10.2 Å². The second-order valence-corrected chi connectivity index (χ2v) is 9.09. The molecule has 0 amide bonds. The normalized spacial score (nSPS) is 14.9. The number of benzene rings is 2. The molecule has 0 bridgehead atoms. The lowest BCUT2D eigenvalue weighted by atomic mass is 9.93. The molecule has 0 unspecified atom stereocenters. The minimum atomic E-state index is 0.291. The van der Waals surface area contributed by atoms with Gasteiger partial charge < -0.3 is 24.9 Å². The van der Waals surface area contributed by atoms with Crippen molar-refractivity contribution in [2.24, 2.45) is 5.92 Å². The molecular formula is C25H30N6OS. The second kappa shape index (κ2) is 9.49. The summed E-state index contributed by atoms with van der Waals surface area (Å²) in [5.74, 6) is 1.46. The summed E-state index contributed by atoms with van der Waals surface area (Å²) in [6.45, 7) is 5.94. The maximum absolute atomic E-state index is 9.24. The zero-order chi connectivity index (χ0) is 22.8. The Balaban J connectivity index is 1.39. The lowest BCUT2D eigenvalue weighted by molar-refractivity contribution is 0.240. The highest BCUT2D eigenvalue weighted by Crippen LogP contribution is 2.30. The van der Waals surface area contributed by atoms with E-state index in [0.29, 0.717) is 19.1 Å². The van der Waals surface area contributed by atoms with Gasteiger partial charge in [-0.05, 0) is 68.1 Å². The summed E-state index contributed by atoms with van der Waals surface area (Å²) in [6, 6.07) is 12.8. The van der Waals surface area contributed by atoms with Crippen molar-refractivity contribution < 1.29 is 5.11 Å². The van der Waals surface area contributed by atoms with Gasteiger partial charge in [-0.2, -0.15) is 0 Å². The zero-order valence-electron chi connectivity index (χ0n) is 18.9. The van der Waals surface area contributed by atoms with Crippen molar-refractivity contribution in [3.63, 3.8) is 0 Å². The van der Waals surface area contributed by atoms with Crippen molar-refractivity contribution in [2.75, 3.05) is 29.9 Å². The number of fused-ring (bicyclic) bond motifs is 2. The van der Waals surface area contributed by atoms with Crippen LogP contribution >= 0.6 is 12.2 Å². The number of para-hydroxylation sites is 1. The van der Waals surface area contributed by atoms with Gasteiger partial charge in [0.15, 0.2) is 4.77 Å². The van der Waals surface area contributed by atoms with Crippen LogP contribution in [-0.2, 0) is 13.1 Å². The number of nitrogens with zero attached hydrogens (tertiary/aromatic N) is 4. The Morgan fingerprint density at radius 3 is 2.79 bits per heavy atom. The Morgan fingerprint density at radius 2 is 2.00 bits per heavy atom. The van der Waals surface area contributed by atoms with E-state index >= 15 is 0 Å². The van der Waals surface area contributed by atoms with Crippen LogP contribution in [0, 0.1) is 10.7 Å². The number of hydrogen-bond donors (Lipinski definition) is 3. The van der Waals surface area contributed by atoms with E-state index in [9.17, 15) is 5.11 Å². The zero-order valence-corrected chi connectivity index (χ0v) is 19.7. The van der Waals surface area contributed by atoms with Gasteiger partial charge >= 0.3 is 0 Å². The molecule has 8 heteroatoms. The first-order chi connectivity index (χ1) is 16.2. The van der Waals surface area contributed by atoms with Crippen LogP contribution in [0.5, 0.6) is 0 Å². The van der Waals surface area contributed by atoms with E-state index in [-0.39, 0.29) is 0 Å². The van der Waals surface area contributed by atoms with Crippen LogP contribution in [0.3, 0.4) is 0 Å². The number of aryl methyl sites for hydroxylation is 1. The highest BCUT2D eigenvalue weighted by Gasteiger charge is 2.20. The topological polar surface area (TPSA) is 82.0 Å². The molecule has 0 saturated carbocycles. The predicted molar refractivity (Wildman–Crippen MR) is 136 cm³/mol. The smallest absolute Gasteiger partial charge is 0.178 e. The summed E-state index contributed by atoms with van der Waals surface area (Å²) in [7, 11) is 0. The number of aromatic amines is 1. The minimum absolute atomic E-state index is 0.291. The minimum Gasteiger partial charge on any atom is -0.396 e. The maximum Gasteiger partial charge on any atom is 0.178 e. The molecule has 0 radical (unpaired) electrons. The average Bonchev–Trinajstić information content (AvgIpc) is 3.16. The molecule has 2 aromatic carbocycles. The van der Waals surface area contributed by atoms with Crippen molar-refractivity contribution in [1.29, 1.82) is 0 Å². The highest BCUT2D eigenvalue weighted by atomic mass is 32.1. The number of anilines is 2. The first-order valence-corrected chi connectivity index (χ1v) is 12.1. The molecule has 1 aliphatic heterocycles. The Kier molecular flexibility index (Phi) is 6.28. The van der Waals surface area contributed by atoms with Crippen LogP contribution in [0.4, 0.5) is 11.5 Å². The van der Waals surface area contributed by atoms with Gasteiger partial charge in [0.1, 0.15) is 12.1 Å². The first kappa shape index (κ1) is 21.9. The molecule has 172 valence electrons. The Hall–Kier alpha value is -2.97. The van der Waals surface area contributed by atoms with Crippen LogP contribution in [-0.4, -0.2) is 44.3 Å². The van der Waals surface area contributed by atoms with Gasteiger partial charge in [-0.3, -0.25) is 0 Å². The molecule has 3 heterocycles. The largest absolute Gasteiger partial charge is 0.396 e. The average molecular weight is 463 g/mol. The number of imidazole rings is 1. The molecular weight excluding hydrogens is 432 g/mol. The van der Waals surface area contributed by atoms with Gasteiger partial charge in [-0.15, -0.1) is 0 Å². The summed E-state index contributed by atoms with van der Waals surface area (Å²) in [6.07, 6.45) is 4.80. The lowest BCUT2D eigenvalue weighted by Crippen LogP contribution is -2.34. The van der Waals surface area contributed by atoms with Crippen molar-refractivity contribution >= 4 is 45.7 Å². The van der Waals surface area contributed by atoms with Crippen LogP contribution in [0.15, 0.2) is 42.7 Å². The van der Waals surface area contributed by atoms with Crippen molar-refractivity contribution in [3.05, 3.63) is 53.1 Å². The van der Waals surface area contributed by atoms with E-state index in [0.717, 1.165) is 71.4 Å². The standard InChI is InChI=1S/C25H30N6OS/c1-2-31-23-14-20-19(13-21(23)29-25(31)33)24(28-16-27-20)26-15-18-5-3-4-6-22(18)30-10-7-17(8-11-30)9-12-32/h3-6,13-14,16-17,32H,2,7-12,15H2,1H3,(H,29,33)(H,26,27,28).